The Hall–Kier alpha value is -2.27. The molecule has 0 bridgehead atoms. The molecule has 0 aliphatic rings. The summed E-state index contributed by atoms with van der Waals surface area (Å²) >= 11 is 0. The van der Waals surface area contributed by atoms with Crippen LogP contribution < -0.4 is 5.32 Å². The van der Waals surface area contributed by atoms with Gasteiger partial charge in [-0.15, -0.1) is 0 Å². The standard InChI is InChI=1S/C17H19FN2O2/c1-11-4-9-15(12(2)20-11)16(21)19-10-17(3,22)13-5-7-14(18)8-6-13/h4-9,22H,10H2,1-3H3,(H,19,21). The van der Waals surface area contributed by atoms with Crippen molar-refractivity contribution in [2.75, 3.05) is 6.54 Å². The molecule has 0 fully saturated rings. The molecule has 1 aromatic heterocycles. The first-order chi connectivity index (χ1) is 10.3. The van der Waals surface area contributed by atoms with Crippen molar-refractivity contribution in [1.82, 2.24) is 10.3 Å². The number of halogens is 1. The maximum Gasteiger partial charge on any atom is 0.253 e. The van der Waals surface area contributed by atoms with Gasteiger partial charge in [0.05, 0.1) is 17.8 Å². The zero-order chi connectivity index (χ0) is 16.3. The van der Waals surface area contributed by atoms with Gasteiger partial charge in [-0.1, -0.05) is 12.1 Å². The SMILES string of the molecule is Cc1ccc(C(=O)NCC(C)(O)c2ccc(F)cc2)c(C)n1. The van der Waals surface area contributed by atoms with Gasteiger partial charge in [0, 0.05) is 5.69 Å². The van der Waals surface area contributed by atoms with E-state index in [0.717, 1.165) is 5.69 Å². The second kappa shape index (κ2) is 6.23. The van der Waals surface area contributed by atoms with Crippen LogP contribution in [0.2, 0.25) is 0 Å². The van der Waals surface area contributed by atoms with Crippen LogP contribution in [0.15, 0.2) is 36.4 Å². The summed E-state index contributed by atoms with van der Waals surface area (Å²) in [4.78, 5) is 16.4. The van der Waals surface area contributed by atoms with E-state index in [-0.39, 0.29) is 18.3 Å². The maximum absolute atomic E-state index is 12.9. The first-order valence-corrected chi connectivity index (χ1v) is 7.00. The van der Waals surface area contributed by atoms with E-state index in [1.807, 2.05) is 6.92 Å². The molecule has 0 saturated carbocycles. The van der Waals surface area contributed by atoms with Crippen molar-refractivity contribution >= 4 is 5.91 Å². The zero-order valence-corrected chi connectivity index (χ0v) is 12.9. The van der Waals surface area contributed by atoms with Gasteiger partial charge in [-0.05, 0) is 50.6 Å². The number of aliphatic hydroxyl groups is 1. The number of rotatable bonds is 4. The topological polar surface area (TPSA) is 62.2 Å². The van der Waals surface area contributed by atoms with Crippen LogP contribution in [0.4, 0.5) is 4.39 Å². The Morgan fingerprint density at radius 3 is 2.45 bits per heavy atom. The summed E-state index contributed by atoms with van der Waals surface area (Å²) in [5.74, 6) is -0.669. The molecule has 0 spiro atoms. The molecule has 5 heteroatoms. The van der Waals surface area contributed by atoms with E-state index >= 15 is 0 Å². The lowest BCUT2D eigenvalue weighted by Crippen LogP contribution is -2.38. The quantitative estimate of drug-likeness (QED) is 0.912. The Morgan fingerprint density at radius 1 is 1.23 bits per heavy atom. The average molecular weight is 302 g/mol. The third-order valence-corrected chi connectivity index (χ3v) is 3.53. The predicted molar refractivity (Wildman–Crippen MR) is 82.0 cm³/mol. The smallest absolute Gasteiger partial charge is 0.253 e. The zero-order valence-electron chi connectivity index (χ0n) is 12.9. The van der Waals surface area contributed by atoms with Gasteiger partial charge in [-0.25, -0.2) is 4.39 Å². The van der Waals surface area contributed by atoms with E-state index in [9.17, 15) is 14.3 Å². The van der Waals surface area contributed by atoms with Gasteiger partial charge in [0.1, 0.15) is 11.4 Å². The lowest BCUT2D eigenvalue weighted by Gasteiger charge is -2.24. The number of amides is 1. The molecule has 2 N–H and O–H groups in total. The number of carbonyl (C=O) groups is 1. The van der Waals surface area contributed by atoms with E-state index in [1.165, 1.54) is 24.3 Å². The van der Waals surface area contributed by atoms with Gasteiger partial charge in [0.15, 0.2) is 0 Å². The lowest BCUT2D eigenvalue weighted by atomic mass is 9.96. The van der Waals surface area contributed by atoms with Crippen molar-refractivity contribution in [2.24, 2.45) is 0 Å². The third kappa shape index (κ3) is 3.68. The number of aromatic nitrogens is 1. The number of hydrogen-bond acceptors (Lipinski definition) is 3. The summed E-state index contributed by atoms with van der Waals surface area (Å²) in [5, 5.41) is 13.1. The van der Waals surface area contributed by atoms with Crippen LogP contribution in [0.3, 0.4) is 0 Å². The molecule has 1 amide bonds. The molecule has 1 atom stereocenters. The highest BCUT2D eigenvalue weighted by molar-refractivity contribution is 5.95. The van der Waals surface area contributed by atoms with E-state index < -0.39 is 5.60 Å². The summed E-state index contributed by atoms with van der Waals surface area (Å²) in [7, 11) is 0. The minimum absolute atomic E-state index is 0.0186. The number of benzene rings is 1. The third-order valence-electron chi connectivity index (χ3n) is 3.53. The monoisotopic (exact) mass is 302 g/mol. The molecule has 0 saturated heterocycles. The molecular weight excluding hydrogens is 283 g/mol. The summed E-state index contributed by atoms with van der Waals surface area (Å²) in [5.41, 5.74) is 1.20. The summed E-state index contributed by atoms with van der Waals surface area (Å²) in [6, 6.07) is 9.03. The Labute approximate surface area is 129 Å². The van der Waals surface area contributed by atoms with Crippen LogP contribution in [0.1, 0.15) is 34.2 Å². The lowest BCUT2D eigenvalue weighted by molar-refractivity contribution is 0.0525. The molecule has 2 aromatic rings. The fraction of sp³-hybridized carbons (Fsp3) is 0.294. The highest BCUT2D eigenvalue weighted by Gasteiger charge is 2.24. The molecule has 0 radical (unpaired) electrons. The first-order valence-electron chi connectivity index (χ1n) is 7.00. The summed E-state index contributed by atoms with van der Waals surface area (Å²) in [6.45, 7) is 5.21. The molecule has 0 aliphatic heterocycles. The average Bonchev–Trinajstić information content (AvgIpc) is 2.45. The van der Waals surface area contributed by atoms with Crippen LogP contribution in [0.5, 0.6) is 0 Å². The molecule has 0 aliphatic carbocycles. The second-order valence-corrected chi connectivity index (χ2v) is 5.55. The normalized spacial score (nSPS) is 13.5. The molecule has 1 heterocycles. The van der Waals surface area contributed by atoms with E-state index in [1.54, 1.807) is 26.0 Å². The van der Waals surface area contributed by atoms with Crippen molar-refractivity contribution in [3.63, 3.8) is 0 Å². The molecule has 22 heavy (non-hydrogen) atoms. The minimum atomic E-state index is -1.28. The Bertz CT molecular complexity index is 682. The van der Waals surface area contributed by atoms with Crippen LogP contribution >= 0.6 is 0 Å². The molecular formula is C17H19FN2O2. The van der Waals surface area contributed by atoms with E-state index in [0.29, 0.717) is 16.8 Å². The van der Waals surface area contributed by atoms with Gasteiger partial charge in [-0.3, -0.25) is 9.78 Å². The van der Waals surface area contributed by atoms with Gasteiger partial charge >= 0.3 is 0 Å². The van der Waals surface area contributed by atoms with Crippen molar-refractivity contribution in [3.8, 4) is 0 Å². The molecule has 1 unspecified atom stereocenters. The maximum atomic E-state index is 12.9. The van der Waals surface area contributed by atoms with Gasteiger partial charge in [-0.2, -0.15) is 0 Å². The molecule has 4 nitrogen and oxygen atoms in total. The second-order valence-electron chi connectivity index (χ2n) is 5.55. The van der Waals surface area contributed by atoms with Crippen molar-refractivity contribution in [1.29, 1.82) is 0 Å². The van der Waals surface area contributed by atoms with E-state index in [2.05, 4.69) is 10.3 Å². The number of pyridine rings is 1. The van der Waals surface area contributed by atoms with Crippen molar-refractivity contribution < 1.29 is 14.3 Å². The van der Waals surface area contributed by atoms with Crippen LogP contribution in [-0.2, 0) is 5.60 Å². The summed E-state index contributed by atoms with van der Waals surface area (Å²) in [6.07, 6.45) is 0. The predicted octanol–water partition coefficient (Wildman–Crippen LogP) is 2.48. The number of nitrogens with zero attached hydrogens (tertiary/aromatic N) is 1. The molecule has 2 rings (SSSR count). The Balaban J connectivity index is 2.08. The number of hydrogen-bond donors (Lipinski definition) is 2. The van der Waals surface area contributed by atoms with Crippen LogP contribution in [-0.4, -0.2) is 22.5 Å². The number of aryl methyl sites for hydroxylation is 2. The Kier molecular flexibility index (Phi) is 4.56. The minimum Gasteiger partial charge on any atom is -0.384 e. The summed E-state index contributed by atoms with van der Waals surface area (Å²) < 4.78 is 12.9. The highest BCUT2D eigenvalue weighted by Crippen LogP contribution is 2.20. The fourth-order valence-electron chi connectivity index (χ4n) is 2.19. The number of carbonyl (C=O) groups excluding carboxylic acids is 1. The molecule has 1 aromatic carbocycles. The van der Waals surface area contributed by atoms with E-state index in [4.69, 9.17) is 0 Å². The van der Waals surface area contributed by atoms with Crippen molar-refractivity contribution in [3.05, 3.63) is 64.7 Å². The Morgan fingerprint density at radius 2 is 1.86 bits per heavy atom. The van der Waals surface area contributed by atoms with Crippen LogP contribution in [0, 0.1) is 19.7 Å². The highest BCUT2D eigenvalue weighted by atomic mass is 19.1. The van der Waals surface area contributed by atoms with Gasteiger partial charge in [0.25, 0.3) is 5.91 Å². The van der Waals surface area contributed by atoms with Crippen molar-refractivity contribution in [2.45, 2.75) is 26.4 Å². The van der Waals surface area contributed by atoms with Crippen LogP contribution in [0.25, 0.3) is 0 Å². The fourth-order valence-corrected chi connectivity index (χ4v) is 2.19. The van der Waals surface area contributed by atoms with Gasteiger partial charge in [0.2, 0.25) is 0 Å². The largest absolute Gasteiger partial charge is 0.384 e. The first kappa shape index (κ1) is 16.1. The van der Waals surface area contributed by atoms with Gasteiger partial charge < -0.3 is 10.4 Å². The number of nitrogens with one attached hydrogen (secondary N) is 1. The molecule has 116 valence electrons.